The maximum absolute atomic E-state index is 13.0. The number of rotatable bonds is 7. The number of sulfonamides is 1. The minimum atomic E-state index is -3.50. The summed E-state index contributed by atoms with van der Waals surface area (Å²) in [7, 11) is -3.50. The molecular weight excluding hydrogens is 422 g/mol. The van der Waals surface area contributed by atoms with Gasteiger partial charge in [0.25, 0.3) is 5.69 Å². The van der Waals surface area contributed by atoms with E-state index in [0.717, 1.165) is 16.0 Å². The van der Waals surface area contributed by atoms with E-state index >= 15 is 0 Å². The third kappa shape index (κ3) is 5.91. The first kappa shape index (κ1) is 22.5. The van der Waals surface area contributed by atoms with E-state index in [-0.39, 0.29) is 11.4 Å². The molecule has 3 rings (SSSR count). The fourth-order valence-corrected chi connectivity index (χ4v) is 6.16. The highest BCUT2D eigenvalue weighted by Gasteiger charge is 2.25. The first-order valence-corrected chi connectivity index (χ1v) is 12.1. The molecule has 1 N–H and O–H groups in total. The predicted octanol–water partition coefficient (Wildman–Crippen LogP) is 3.58. The molecule has 1 aliphatic heterocycles. The van der Waals surface area contributed by atoms with Gasteiger partial charge in [0, 0.05) is 48.1 Å². The molecule has 0 unspecified atom stereocenters. The first-order valence-electron chi connectivity index (χ1n) is 9.63. The fraction of sp³-hybridized carbons (Fsp3) is 0.333. The van der Waals surface area contributed by atoms with Crippen molar-refractivity contribution < 1.29 is 13.3 Å². The van der Waals surface area contributed by atoms with Gasteiger partial charge in [0.2, 0.25) is 10.0 Å². The predicted molar refractivity (Wildman–Crippen MR) is 121 cm³/mol. The number of hydrogen-bond donors (Lipinski definition) is 1. The van der Waals surface area contributed by atoms with Crippen molar-refractivity contribution in [3.05, 3.63) is 74.2 Å². The molecule has 0 spiro atoms. The zero-order chi connectivity index (χ0) is 21.7. The third-order valence-electron chi connectivity index (χ3n) is 4.79. The van der Waals surface area contributed by atoms with E-state index in [1.165, 1.54) is 28.2 Å². The van der Waals surface area contributed by atoms with Crippen molar-refractivity contribution in [2.75, 3.05) is 31.9 Å². The second-order valence-electron chi connectivity index (χ2n) is 7.24. The standard InChI is InChI=1S/C21H25N3O4S2/c1-16-6-7-17(2)21(12-16)29-20(14-18-4-3-5-19(13-18)24(25)26)15-30(27,28)23-10-8-22-9-11-23/h3-7,12-14,22H,8-11,15H2,1-2H3. The van der Waals surface area contributed by atoms with Crippen molar-refractivity contribution >= 4 is 33.5 Å². The molecule has 2 aromatic rings. The molecule has 1 saturated heterocycles. The molecular formula is C21H25N3O4S2. The Morgan fingerprint density at radius 1 is 1.20 bits per heavy atom. The van der Waals surface area contributed by atoms with Crippen molar-refractivity contribution in [1.82, 2.24) is 9.62 Å². The molecule has 1 heterocycles. The largest absolute Gasteiger partial charge is 0.314 e. The highest BCUT2D eigenvalue weighted by molar-refractivity contribution is 8.04. The summed E-state index contributed by atoms with van der Waals surface area (Å²) in [4.78, 5) is 12.3. The number of piperazine rings is 1. The maximum atomic E-state index is 13.0. The Kier molecular flexibility index (Phi) is 7.30. The van der Waals surface area contributed by atoms with Gasteiger partial charge >= 0.3 is 0 Å². The van der Waals surface area contributed by atoms with E-state index in [2.05, 4.69) is 5.32 Å². The molecule has 1 aliphatic rings. The summed E-state index contributed by atoms with van der Waals surface area (Å²) in [6, 6.07) is 12.3. The zero-order valence-electron chi connectivity index (χ0n) is 17.0. The van der Waals surface area contributed by atoms with Crippen molar-refractivity contribution in [3.63, 3.8) is 0 Å². The number of nitrogens with one attached hydrogen (secondary N) is 1. The maximum Gasteiger partial charge on any atom is 0.270 e. The lowest BCUT2D eigenvalue weighted by Crippen LogP contribution is -2.47. The number of nitro benzene ring substituents is 1. The van der Waals surface area contributed by atoms with Crippen molar-refractivity contribution in [2.45, 2.75) is 18.7 Å². The summed E-state index contributed by atoms with van der Waals surface area (Å²) in [5.41, 5.74) is 2.72. The summed E-state index contributed by atoms with van der Waals surface area (Å²) in [6.07, 6.45) is 1.74. The van der Waals surface area contributed by atoms with Crippen molar-refractivity contribution in [3.8, 4) is 0 Å². The quantitative estimate of drug-likeness (QED) is 0.396. The van der Waals surface area contributed by atoms with E-state index in [4.69, 9.17) is 0 Å². The van der Waals surface area contributed by atoms with Gasteiger partial charge in [-0.05, 0) is 42.7 Å². The van der Waals surface area contributed by atoms with Crippen LogP contribution in [0.3, 0.4) is 0 Å². The van der Waals surface area contributed by atoms with Crippen LogP contribution in [0.1, 0.15) is 16.7 Å². The van der Waals surface area contributed by atoms with Crippen LogP contribution in [0.4, 0.5) is 5.69 Å². The number of aryl methyl sites for hydroxylation is 2. The van der Waals surface area contributed by atoms with Gasteiger partial charge in [0.15, 0.2) is 0 Å². The number of nitro groups is 1. The van der Waals surface area contributed by atoms with E-state index in [1.807, 2.05) is 32.0 Å². The van der Waals surface area contributed by atoms with Gasteiger partial charge in [-0.3, -0.25) is 10.1 Å². The minimum Gasteiger partial charge on any atom is -0.314 e. The SMILES string of the molecule is Cc1ccc(C)c(SC(=Cc2cccc([N+](=O)[O-])c2)CS(=O)(=O)N2CCNCC2)c1. The Morgan fingerprint density at radius 3 is 2.63 bits per heavy atom. The van der Waals surface area contributed by atoms with Crippen molar-refractivity contribution in [1.29, 1.82) is 0 Å². The topological polar surface area (TPSA) is 92.5 Å². The van der Waals surface area contributed by atoms with Gasteiger partial charge in [-0.1, -0.05) is 36.0 Å². The lowest BCUT2D eigenvalue weighted by atomic mass is 10.2. The fourth-order valence-electron chi connectivity index (χ4n) is 3.17. The minimum absolute atomic E-state index is 0.0233. The molecule has 0 aromatic heterocycles. The molecule has 0 saturated carbocycles. The second-order valence-corrected chi connectivity index (χ2v) is 10.4. The van der Waals surface area contributed by atoms with Gasteiger partial charge in [0.05, 0.1) is 10.7 Å². The van der Waals surface area contributed by atoms with Crippen LogP contribution in [0.25, 0.3) is 6.08 Å². The molecule has 0 radical (unpaired) electrons. The monoisotopic (exact) mass is 447 g/mol. The summed E-state index contributed by atoms with van der Waals surface area (Å²) in [5, 5.41) is 14.3. The highest BCUT2D eigenvalue weighted by Crippen LogP contribution is 2.33. The Morgan fingerprint density at radius 2 is 1.93 bits per heavy atom. The average Bonchev–Trinajstić information content (AvgIpc) is 2.71. The summed E-state index contributed by atoms with van der Waals surface area (Å²) < 4.78 is 27.6. The van der Waals surface area contributed by atoms with Gasteiger partial charge in [-0.2, -0.15) is 4.31 Å². The first-order chi connectivity index (χ1) is 14.2. The lowest BCUT2D eigenvalue weighted by molar-refractivity contribution is -0.384. The molecule has 0 aliphatic carbocycles. The summed E-state index contributed by atoms with van der Waals surface area (Å²) in [6.45, 7) is 6.13. The number of non-ortho nitro benzene ring substituents is 1. The molecule has 9 heteroatoms. The normalized spacial score (nSPS) is 15.9. The molecule has 1 fully saturated rings. The van der Waals surface area contributed by atoms with Crippen LogP contribution in [0, 0.1) is 24.0 Å². The van der Waals surface area contributed by atoms with E-state index < -0.39 is 14.9 Å². The number of thioether (sulfide) groups is 1. The Hall–Kier alpha value is -2.20. The van der Waals surface area contributed by atoms with Crippen LogP contribution in [0.5, 0.6) is 0 Å². The zero-order valence-corrected chi connectivity index (χ0v) is 18.6. The highest BCUT2D eigenvalue weighted by atomic mass is 32.2. The van der Waals surface area contributed by atoms with Gasteiger partial charge in [-0.15, -0.1) is 0 Å². The molecule has 7 nitrogen and oxygen atoms in total. The van der Waals surface area contributed by atoms with Gasteiger partial charge < -0.3 is 5.32 Å². The van der Waals surface area contributed by atoms with Crippen LogP contribution in [-0.2, 0) is 10.0 Å². The van der Waals surface area contributed by atoms with Crippen LogP contribution >= 0.6 is 11.8 Å². The van der Waals surface area contributed by atoms with Crippen LogP contribution in [-0.4, -0.2) is 49.6 Å². The van der Waals surface area contributed by atoms with E-state index in [9.17, 15) is 18.5 Å². The summed E-state index contributed by atoms with van der Waals surface area (Å²) >= 11 is 1.40. The molecule has 0 bridgehead atoms. The van der Waals surface area contributed by atoms with Crippen LogP contribution in [0.2, 0.25) is 0 Å². The van der Waals surface area contributed by atoms with Crippen LogP contribution in [0.15, 0.2) is 52.3 Å². The van der Waals surface area contributed by atoms with E-state index in [1.54, 1.807) is 18.2 Å². The smallest absolute Gasteiger partial charge is 0.270 e. The Bertz CT molecular complexity index is 1060. The Labute approximate surface area is 181 Å². The van der Waals surface area contributed by atoms with Crippen molar-refractivity contribution in [2.24, 2.45) is 0 Å². The molecule has 0 atom stereocenters. The number of hydrogen-bond acceptors (Lipinski definition) is 6. The van der Waals surface area contributed by atoms with Crippen LogP contribution < -0.4 is 5.32 Å². The molecule has 2 aromatic carbocycles. The number of benzene rings is 2. The number of nitrogens with zero attached hydrogens (tertiary/aromatic N) is 2. The molecule has 30 heavy (non-hydrogen) atoms. The second kappa shape index (κ2) is 9.74. The average molecular weight is 448 g/mol. The lowest BCUT2D eigenvalue weighted by Gasteiger charge is -2.27. The molecule has 0 amide bonds. The van der Waals surface area contributed by atoms with Gasteiger partial charge in [0.1, 0.15) is 0 Å². The van der Waals surface area contributed by atoms with E-state index in [0.29, 0.717) is 36.6 Å². The summed E-state index contributed by atoms with van der Waals surface area (Å²) in [5.74, 6) is -0.145. The Balaban J connectivity index is 1.96. The van der Waals surface area contributed by atoms with Gasteiger partial charge in [-0.25, -0.2) is 8.42 Å². The molecule has 160 valence electrons. The third-order valence-corrected chi connectivity index (χ3v) is 7.98.